The van der Waals surface area contributed by atoms with Crippen molar-refractivity contribution in [1.82, 2.24) is 0 Å². The van der Waals surface area contributed by atoms with E-state index >= 15 is 0 Å². The van der Waals surface area contributed by atoms with E-state index in [1.807, 2.05) is 0 Å². The van der Waals surface area contributed by atoms with Gasteiger partial charge in [0.2, 0.25) is 0 Å². The van der Waals surface area contributed by atoms with Gasteiger partial charge in [0.05, 0.1) is 13.2 Å². The lowest BCUT2D eigenvalue weighted by atomic mass is 10.0. The zero-order valence-corrected chi connectivity index (χ0v) is 35.4. The number of carbonyl (C=O) groups excluding carboxylic acids is 2. The van der Waals surface area contributed by atoms with E-state index in [0.717, 1.165) is 57.8 Å². The molecule has 0 rings (SSSR count). The van der Waals surface area contributed by atoms with Gasteiger partial charge in [-0.1, -0.05) is 187 Å². The number of hydrogen-bond donors (Lipinski definition) is 2. The number of phosphoric ester groups is 1. The van der Waals surface area contributed by atoms with Gasteiger partial charge in [-0.25, -0.2) is 4.57 Å². The fourth-order valence-electron chi connectivity index (χ4n) is 6.32. The quantitative estimate of drug-likeness (QED) is 0.0269. The minimum atomic E-state index is -4.37. The molecule has 0 radical (unpaired) electrons. The number of unbranched alkanes of at least 4 members (excludes halogenated alkanes) is 27. The monoisotopic (exact) mass is 774 g/mol. The van der Waals surface area contributed by atoms with Gasteiger partial charge in [-0.15, -0.1) is 0 Å². The zero-order valence-electron chi connectivity index (χ0n) is 34.5. The van der Waals surface area contributed by atoms with Crippen LogP contribution in [-0.4, -0.2) is 49.3 Å². The largest absolute Gasteiger partial charge is 0.472 e. The Labute approximate surface area is 326 Å². The molecule has 0 heterocycles. The first kappa shape index (κ1) is 51.8. The maximum atomic E-state index is 12.5. The summed E-state index contributed by atoms with van der Waals surface area (Å²) < 4.78 is 32.7. The molecular formula is C43H84NO8P. The molecule has 10 heteroatoms. The number of rotatable bonds is 42. The van der Waals surface area contributed by atoms with E-state index in [2.05, 4.69) is 26.0 Å². The van der Waals surface area contributed by atoms with Gasteiger partial charge in [0.25, 0.3) is 0 Å². The Morgan fingerprint density at radius 3 is 1.40 bits per heavy atom. The Morgan fingerprint density at radius 1 is 0.547 bits per heavy atom. The highest BCUT2D eigenvalue weighted by Crippen LogP contribution is 2.43. The van der Waals surface area contributed by atoms with E-state index in [1.54, 1.807) is 0 Å². The van der Waals surface area contributed by atoms with Crippen LogP contribution in [0.1, 0.15) is 219 Å². The summed E-state index contributed by atoms with van der Waals surface area (Å²) in [6, 6.07) is 0. The lowest BCUT2D eigenvalue weighted by Gasteiger charge is -2.19. The molecule has 0 bridgehead atoms. The first-order valence-corrected chi connectivity index (χ1v) is 23.7. The van der Waals surface area contributed by atoms with Gasteiger partial charge in [-0.05, 0) is 32.1 Å². The van der Waals surface area contributed by atoms with Gasteiger partial charge < -0.3 is 20.1 Å². The van der Waals surface area contributed by atoms with E-state index in [0.29, 0.717) is 6.42 Å². The van der Waals surface area contributed by atoms with Crippen LogP contribution in [-0.2, 0) is 32.7 Å². The Hall–Kier alpha value is -1.25. The molecule has 0 saturated carbocycles. The molecule has 0 spiro atoms. The van der Waals surface area contributed by atoms with Crippen molar-refractivity contribution in [1.29, 1.82) is 0 Å². The van der Waals surface area contributed by atoms with Crippen molar-refractivity contribution in [2.24, 2.45) is 5.73 Å². The summed E-state index contributed by atoms with van der Waals surface area (Å²) in [6.45, 7) is 3.71. The number of hydrogen-bond acceptors (Lipinski definition) is 8. The van der Waals surface area contributed by atoms with E-state index in [4.69, 9.17) is 24.3 Å². The molecule has 0 aliphatic rings. The number of phosphoric acid groups is 1. The van der Waals surface area contributed by atoms with E-state index < -0.39 is 26.5 Å². The first-order valence-electron chi connectivity index (χ1n) is 22.2. The molecule has 0 amide bonds. The second kappa shape index (κ2) is 40.4. The van der Waals surface area contributed by atoms with Crippen molar-refractivity contribution in [3.63, 3.8) is 0 Å². The number of carbonyl (C=O) groups is 2. The van der Waals surface area contributed by atoms with Gasteiger partial charge >= 0.3 is 19.8 Å². The number of ether oxygens (including phenoxy) is 2. The molecule has 0 saturated heterocycles. The molecular weight excluding hydrogens is 689 g/mol. The summed E-state index contributed by atoms with van der Waals surface area (Å²) in [6.07, 6.45) is 41.1. The SMILES string of the molecule is CCCC/C=C\CCCCCCCC(=O)O[C@H](COC(=O)CCCCCCCCCCCCCCCCCCCCCCC)COP(=O)(O)OCCN. The summed E-state index contributed by atoms with van der Waals surface area (Å²) in [5.74, 6) is -0.830. The Kier molecular flexibility index (Phi) is 39.5. The normalized spacial score (nSPS) is 13.4. The number of esters is 2. The van der Waals surface area contributed by atoms with Crippen LogP contribution in [0.2, 0.25) is 0 Å². The molecule has 3 N–H and O–H groups in total. The fraction of sp³-hybridized carbons (Fsp3) is 0.907. The van der Waals surface area contributed by atoms with Gasteiger partial charge in [-0.3, -0.25) is 18.6 Å². The molecule has 314 valence electrons. The summed E-state index contributed by atoms with van der Waals surface area (Å²) in [5, 5.41) is 0. The van der Waals surface area contributed by atoms with Crippen LogP contribution in [0.25, 0.3) is 0 Å². The lowest BCUT2D eigenvalue weighted by Crippen LogP contribution is -2.29. The topological polar surface area (TPSA) is 134 Å². The maximum absolute atomic E-state index is 12.5. The van der Waals surface area contributed by atoms with Crippen molar-refractivity contribution in [3.05, 3.63) is 12.2 Å². The van der Waals surface area contributed by atoms with Crippen molar-refractivity contribution < 1.29 is 37.6 Å². The van der Waals surface area contributed by atoms with Gasteiger partial charge in [0, 0.05) is 19.4 Å². The van der Waals surface area contributed by atoms with Crippen LogP contribution in [0.5, 0.6) is 0 Å². The number of nitrogens with two attached hydrogens (primary N) is 1. The molecule has 0 fully saturated rings. The maximum Gasteiger partial charge on any atom is 0.472 e. The van der Waals surface area contributed by atoms with Crippen molar-refractivity contribution in [2.45, 2.75) is 225 Å². The molecule has 0 aliphatic heterocycles. The average Bonchev–Trinajstić information content (AvgIpc) is 3.14. The van der Waals surface area contributed by atoms with Gasteiger partial charge in [-0.2, -0.15) is 0 Å². The second-order valence-corrected chi connectivity index (χ2v) is 16.4. The third-order valence-electron chi connectivity index (χ3n) is 9.65. The van der Waals surface area contributed by atoms with Gasteiger partial charge in [0.1, 0.15) is 6.61 Å². The number of allylic oxidation sites excluding steroid dienone is 2. The first-order chi connectivity index (χ1) is 25.8. The molecule has 2 atom stereocenters. The Balaban J connectivity index is 4.01. The highest BCUT2D eigenvalue weighted by Gasteiger charge is 2.26. The molecule has 0 aromatic carbocycles. The van der Waals surface area contributed by atoms with Crippen molar-refractivity contribution >= 4 is 19.8 Å². The zero-order chi connectivity index (χ0) is 38.9. The Bertz CT molecular complexity index is 886. The van der Waals surface area contributed by atoms with Crippen LogP contribution < -0.4 is 5.73 Å². The average molecular weight is 774 g/mol. The third-order valence-corrected chi connectivity index (χ3v) is 10.6. The summed E-state index contributed by atoms with van der Waals surface area (Å²) in [7, 11) is -4.37. The van der Waals surface area contributed by atoms with Gasteiger partial charge in [0.15, 0.2) is 6.10 Å². The fourth-order valence-corrected chi connectivity index (χ4v) is 7.09. The van der Waals surface area contributed by atoms with Crippen molar-refractivity contribution in [2.75, 3.05) is 26.4 Å². The highest BCUT2D eigenvalue weighted by atomic mass is 31.2. The minimum absolute atomic E-state index is 0.0547. The summed E-state index contributed by atoms with van der Waals surface area (Å²) >= 11 is 0. The molecule has 0 aromatic rings. The van der Waals surface area contributed by atoms with E-state index in [1.165, 1.54) is 128 Å². The Morgan fingerprint density at radius 2 is 0.943 bits per heavy atom. The molecule has 9 nitrogen and oxygen atoms in total. The van der Waals surface area contributed by atoms with Crippen LogP contribution in [0.4, 0.5) is 0 Å². The standard InChI is InChI=1S/C43H84NO8P/c1-3-5-7-9-11-13-15-16-17-18-19-20-21-22-23-24-26-27-29-31-33-35-42(45)49-39-41(40-51-53(47,48)50-38-37-44)52-43(46)36-34-32-30-28-25-14-12-10-8-6-4-2/h10,12,41H,3-9,11,13-40,44H2,1-2H3,(H,47,48)/b12-10-/t41-/m1/s1. The second-order valence-electron chi connectivity index (χ2n) is 14.9. The third kappa shape index (κ3) is 40.2. The highest BCUT2D eigenvalue weighted by molar-refractivity contribution is 7.47. The van der Waals surface area contributed by atoms with E-state index in [-0.39, 0.29) is 38.6 Å². The molecule has 0 aliphatic carbocycles. The van der Waals surface area contributed by atoms with Crippen LogP contribution in [0.15, 0.2) is 12.2 Å². The minimum Gasteiger partial charge on any atom is -0.462 e. The lowest BCUT2D eigenvalue weighted by molar-refractivity contribution is -0.161. The molecule has 53 heavy (non-hydrogen) atoms. The molecule has 1 unspecified atom stereocenters. The predicted octanol–water partition coefficient (Wildman–Crippen LogP) is 12.6. The smallest absolute Gasteiger partial charge is 0.462 e. The van der Waals surface area contributed by atoms with E-state index in [9.17, 15) is 19.0 Å². The van der Waals surface area contributed by atoms with Crippen LogP contribution >= 0.6 is 7.82 Å². The molecule has 0 aromatic heterocycles. The summed E-state index contributed by atoms with van der Waals surface area (Å²) in [5.41, 5.74) is 5.34. The predicted molar refractivity (Wildman–Crippen MR) is 220 cm³/mol. The summed E-state index contributed by atoms with van der Waals surface area (Å²) in [4.78, 5) is 34.8. The van der Waals surface area contributed by atoms with Crippen molar-refractivity contribution in [3.8, 4) is 0 Å². The van der Waals surface area contributed by atoms with Crippen LogP contribution in [0.3, 0.4) is 0 Å². The van der Waals surface area contributed by atoms with Crippen LogP contribution in [0, 0.1) is 0 Å².